The van der Waals surface area contributed by atoms with Crippen LogP contribution in [0.1, 0.15) is 38.2 Å². The molecule has 114 valence electrons. The minimum Gasteiger partial charge on any atom is -0.381 e. The van der Waals surface area contributed by atoms with E-state index in [2.05, 4.69) is 12.2 Å². The molecule has 0 bridgehead atoms. The summed E-state index contributed by atoms with van der Waals surface area (Å²) in [5, 5.41) is 3.65. The number of hydrogen-bond acceptors (Lipinski definition) is 3. The summed E-state index contributed by atoms with van der Waals surface area (Å²) in [5.74, 6) is -0.289. The van der Waals surface area contributed by atoms with Crippen molar-refractivity contribution in [1.82, 2.24) is 0 Å². The van der Waals surface area contributed by atoms with Crippen LogP contribution in [0.4, 0.5) is 5.69 Å². The fourth-order valence-electron chi connectivity index (χ4n) is 3.83. The molecule has 0 saturated heterocycles. The van der Waals surface area contributed by atoms with E-state index in [9.17, 15) is 4.79 Å². The summed E-state index contributed by atoms with van der Waals surface area (Å²) in [6.07, 6.45) is 5.53. The third kappa shape index (κ3) is 2.53. The third-order valence-corrected chi connectivity index (χ3v) is 5.15. The molecule has 2 saturated carbocycles. The number of carbonyl (C=O) groups excluding carboxylic acids is 1. The highest BCUT2D eigenvalue weighted by Crippen LogP contribution is 2.58. The molecule has 2 fully saturated rings. The lowest BCUT2D eigenvalue weighted by Gasteiger charge is -2.61. The molecule has 2 aliphatic carbocycles. The van der Waals surface area contributed by atoms with Crippen LogP contribution in [0.3, 0.4) is 0 Å². The number of para-hydroxylation sites is 1. The maximum absolute atomic E-state index is 11.2. The molecule has 2 aliphatic rings. The molecule has 1 aromatic carbocycles. The maximum Gasteiger partial charge on any atom is 0.221 e. The lowest BCUT2D eigenvalue weighted by molar-refractivity contribution is -0.157. The first-order chi connectivity index (χ1) is 10.2. The molecule has 0 radical (unpaired) electrons. The van der Waals surface area contributed by atoms with Crippen LogP contribution < -0.4 is 11.1 Å². The normalized spacial score (nSPS) is 26.0. The monoisotopic (exact) mass is 288 g/mol. The SMILES string of the molecule is CCOC1CC(Nc2ccccc2CC(N)=O)C12CCC2. The van der Waals surface area contributed by atoms with E-state index < -0.39 is 0 Å². The smallest absolute Gasteiger partial charge is 0.221 e. The lowest BCUT2D eigenvalue weighted by Crippen LogP contribution is -2.64. The van der Waals surface area contributed by atoms with E-state index >= 15 is 0 Å². The predicted octanol–water partition coefficient (Wildman–Crippen LogP) is 2.47. The van der Waals surface area contributed by atoms with Crippen molar-refractivity contribution in [3.8, 4) is 0 Å². The van der Waals surface area contributed by atoms with Crippen molar-refractivity contribution in [3.05, 3.63) is 29.8 Å². The van der Waals surface area contributed by atoms with Crippen molar-refractivity contribution in [2.75, 3.05) is 11.9 Å². The quantitative estimate of drug-likeness (QED) is 0.845. The van der Waals surface area contributed by atoms with Gasteiger partial charge in [0, 0.05) is 23.8 Å². The van der Waals surface area contributed by atoms with Crippen LogP contribution in [-0.2, 0) is 16.0 Å². The molecular formula is C17H24N2O2. The molecule has 1 spiro atoms. The van der Waals surface area contributed by atoms with Crippen LogP contribution in [0.25, 0.3) is 0 Å². The molecule has 21 heavy (non-hydrogen) atoms. The van der Waals surface area contributed by atoms with Crippen molar-refractivity contribution < 1.29 is 9.53 Å². The zero-order valence-corrected chi connectivity index (χ0v) is 12.6. The van der Waals surface area contributed by atoms with Crippen LogP contribution in [-0.4, -0.2) is 24.7 Å². The number of ether oxygens (including phenoxy) is 1. The number of amides is 1. The molecule has 2 unspecified atom stereocenters. The number of benzene rings is 1. The third-order valence-electron chi connectivity index (χ3n) is 5.15. The highest BCUT2D eigenvalue weighted by Gasteiger charge is 2.58. The molecule has 4 nitrogen and oxygen atoms in total. The van der Waals surface area contributed by atoms with Gasteiger partial charge in [-0.1, -0.05) is 24.6 Å². The van der Waals surface area contributed by atoms with E-state index in [4.69, 9.17) is 10.5 Å². The summed E-state index contributed by atoms with van der Waals surface area (Å²) < 4.78 is 5.88. The summed E-state index contributed by atoms with van der Waals surface area (Å²) in [4.78, 5) is 11.2. The Kier molecular flexibility index (Phi) is 3.89. The van der Waals surface area contributed by atoms with Gasteiger partial charge in [-0.05, 0) is 37.8 Å². The summed E-state index contributed by atoms with van der Waals surface area (Å²) in [7, 11) is 0. The minimum absolute atomic E-state index is 0.289. The van der Waals surface area contributed by atoms with Gasteiger partial charge in [-0.3, -0.25) is 4.79 Å². The van der Waals surface area contributed by atoms with Gasteiger partial charge < -0.3 is 15.8 Å². The number of rotatable bonds is 6. The first-order valence-corrected chi connectivity index (χ1v) is 7.90. The van der Waals surface area contributed by atoms with Gasteiger partial charge >= 0.3 is 0 Å². The first kappa shape index (κ1) is 14.4. The van der Waals surface area contributed by atoms with Gasteiger partial charge in [-0.2, -0.15) is 0 Å². The molecule has 0 heterocycles. The average Bonchev–Trinajstić information content (AvgIpc) is 2.36. The van der Waals surface area contributed by atoms with Crippen LogP contribution in [0.15, 0.2) is 24.3 Å². The Morgan fingerprint density at radius 3 is 2.81 bits per heavy atom. The highest BCUT2D eigenvalue weighted by atomic mass is 16.5. The number of nitrogens with two attached hydrogens (primary N) is 1. The number of primary amides is 1. The van der Waals surface area contributed by atoms with Gasteiger partial charge in [0.15, 0.2) is 0 Å². The molecule has 0 aliphatic heterocycles. The average molecular weight is 288 g/mol. The Hall–Kier alpha value is -1.55. The van der Waals surface area contributed by atoms with Gasteiger partial charge in [0.2, 0.25) is 5.91 Å². The largest absolute Gasteiger partial charge is 0.381 e. The van der Waals surface area contributed by atoms with Crippen molar-refractivity contribution in [3.63, 3.8) is 0 Å². The van der Waals surface area contributed by atoms with Gasteiger partial charge in [-0.25, -0.2) is 0 Å². The maximum atomic E-state index is 11.2. The highest BCUT2D eigenvalue weighted by molar-refractivity contribution is 5.78. The molecule has 3 N–H and O–H groups in total. The predicted molar refractivity (Wildman–Crippen MR) is 83.1 cm³/mol. The second-order valence-corrected chi connectivity index (χ2v) is 6.26. The van der Waals surface area contributed by atoms with Crippen molar-refractivity contribution in [1.29, 1.82) is 0 Å². The van der Waals surface area contributed by atoms with E-state index in [1.807, 2.05) is 24.3 Å². The van der Waals surface area contributed by atoms with Gasteiger partial charge in [0.1, 0.15) is 0 Å². The van der Waals surface area contributed by atoms with Crippen LogP contribution in [0, 0.1) is 5.41 Å². The Balaban J connectivity index is 1.72. The number of hydrogen-bond donors (Lipinski definition) is 2. The van der Waals surface area contributed by atoms with Crippen molar-refractivity contribution in [2.24, 2.45) is 11.1 Å². The van der Waals surface area contributed by atoms with E-state index in [-0.39, 0.29) is 12.3 Å². The Labute approximate surface area is 126 Å². The fourth-order valence-corrected chi connectivity index (χ4v) is 3.83. The first-order valence-electron chi connectivity index (χ1n) is 7.90. The summed E-state index contributed by atoms with van der Waals surface area (Å²) in [6, 6.07) is 8.42. The molecular weight excluding hydrogens is 264 g/mol. The Morgan fingerprint density at radius 1 is 1.43 bits per heavy atom. The lowest BCUT2D eigenvalue weighted by atomic mass is 9.51. The summed E-state index contributed by atoms with van der Waals surface area (Å²) in [6.45, 7) is 2.85. The number of anilines is 1. The van der Waals surface area contributed by atoms with E-state index in [1.54, 1.807) is 0 Å². The van der Waals surface area contributed by atoms with Crippen molar-refractivity contribution in [2.45, 2.75) is 51.2 Å². The minimum atomic E-state index is -0.289. The molecule has 2 atom stereocenters. The van der Waals surface area contributed by atoms with Gasteiger partial charge in [-0.15, -0.1) is 0 Å². The Morgan fingerprint density at radius 2 is 2.19 bits per heavy atom. The molecule has 0 aromatic heterocycles. The molecule has 4 heteroatoms. The van der Waals surface area contributed by atoms with E-state index in [0.717, 1.165) is 24.3 Å². The molecule has 1 amide bonds. The summed E-state index contributed by atoms with van der Waals surface area (Å²) >= 11 is 0. The summed E-state index contributed by atoms with van der Waals surface area (Å²) in [5.41, 5.74) is 7.68. The van der Waals surface area contributed by atoms with Gasteiger partial charge in [0.05, 0.1) is 12.5 Å². The van der Waals surface area contributed by atoms with Gasteiger partial charge in [0.25, 0.3) is 0 Å². The van der Waals surface area contributed by atoms with Crippen LogP contribution in [0.2, 0.25) is 0 Å². The molecule has 1 aromatic rings. The Bertz CT molecular complexity index is 525. The second-order valence-electron chi connectivity index (χ2n) is 6.26. The molecule has 3 rings (SSSR count). The number of carbonyl (C=O) groups is 1. The van der Waals surface area contributed by atoms with E-state index in [1.165, 1.54) is 19.3 Å². The van der Waals surface area contributed by atoms with Crippen LogP contribution in [0.5, 0.6) is 0 Å². The standard InChI is InChI=1S/C17H24N2O2/c1-2-21-15-11-14(17(15)8-5-9-17)19-13-7-4-3-6-12(13)10-16(18)20/h3-4,6-7,14-15,19H,2,5,8-11H2,1H3,(H2,18,20). The van der Waals surface area contributed by atoms with E-state index in [0.29, 0.717) is 17.6 Å². The zero-order chi connectivity index (χ0) is 14.9. The van der Waals surface area contributed by atoms with Crippen molar-refractivity contribution >= 4 is 11.6 Å². The number of nitrogens with one attached hydrogen (secondary N) is 1. The van der Waals surface area contributed by atoms with Crippen LogP contribution >= 0.6 is 0 Å². The fraction of sp³-hybridized carbons (Fsp3) is 0.588. The zero-order valence-electron chi connectivity index (χ0n) is 12.6. The second kappa shape index (κ2) is 5.68. The topological polar surface area (TPSA) is 64.3 Å².